The molecule has 1 saturated heterocycles. The minimum Gasteiger partial charge on any atom is -0.351 e. The summed E-state index contributed by atoms with van der Waals surface area (Å²) >= 11 is 7.54. The molecule has 0 radical (unpaired) electrons. The van der Waals surface area contributed by atoms with Crippen molar-refractivity contribution in [1.82, 2.24) is 15.2 Å². The van der Waals surface area contributed by atoms with E-state index in [0.717, 1.165) is 35.9 Å². The van der Waals surface area contributed by atoms with Crippen LogP contribution in [0.3, 0.4) is 0 Å². The standard InChI is InChI=1S/C17H18ClN3O2S/c18-12-4-6-19-13-8-14(24-15(12)13)17(23)21-7-5-11(9-21)20-16(22)10-2-1-3-10/h4,6,8,10-11H,1-3,5,7,9H2,(H,20,22). The second-order valence-corrected chi connectivity index (χ2v) is 7.95. The van der Waals surface area contributed by atoms with E-state index < -0.39 is 0 Å². The zero-order chi connectivity index (χ0) is 16.7. The fourth-order valence-corrected chi connectivity index (χ4v) is 4.48. The fraction of sp³-hybridized carbons (Fsp3) is 0.471. The molecule has 2 aliphatic rings. The summed E-state index contributed by atoms with van der Waals surface area (Å²) in [5, 5.41) is 3.71. The number of hydrogen-bond donors (Lipinski definition) is 1. The van der Waals surface area contributed by atoms with Crippen molar-refractivity contribution in [2.75, 3.05) is 13.1 Å². The molecule has 0 spiro atoms. The fourth-order valence-electron chi connectivity index (χ4n) is 3.22. The van der Waals surface area contributed by atoms with Crippen LogP contribution in [0.1, 0.15) is 35.4 Å². The van der Waals surface area contributed by atoms with E-state index in [4.69, 9.17) is 11.6 Å². The van der Waals surface area contributed by atoms with Crippen molar-refractivity contribution in [3.8, 4) is 0 Å². The molecule has 3 heterocycles. The monoisotopic (exact) mass is 363 g/mol. The zero-order valence-electron chi connectivity index (χ0n) is 13.1. The molecule has 2 aromatic rings. The van der Waals surface area contributed by atoms with E-state index in [1.165, 1.54) is 11.3 Å². The molecule has 24 heavy (non-hydrogen) atoms. The van der Waals surface area contributed by atoms with Crippen molar-refractivity contribution < 1.29 is 9.59 Å². The van der Waals surface area contributed by atoms with Crippen molar-refractivity contribution in [3.05, 3.63) is 28.2 Å². The van der Waals surface area contributed by atoms with E-state index in [0.29, 0.717) is 23.0 Å². The highest BCUT2D eigenvalue weighted by Gasteiger charge is 2.32. The molecule has 1 aliphatic heterocycles. The van der Waals surface area contributed by atoms with E-state index in [-0.39, 0.29) is 23.8 Å². The number of fused-ring (bicyclic) bond motifs is 1. The topological polar surface area (TPSA) is 62.3 Å². The normalized spacial score (nSPS) is 21.0. The van der Waals surface area contributed by atoms with Crippen molar-refractivity contribution in [2.45, 2.75) is 31.7 Å². The molecule has 126 valence electrons. The molecule has 7 heteroatoms. The largest absolute Gasteiger partial charge is 0.351 e. The summed E-state index contributed by atoms with van der Waals surface area (Å²) in [5.74, 6) is 0.332. The van der Waals surface area contributed by atoms with Crippen molar-refractivity contribution in [2.24, 2.45) is 5.92 Å². The predicted octanol–water partition coefficient (Wildman–Crippen LogP) is 3.08. The Balaban J connectivity index is 1.42. The number of rotatable bonds is 3. The van der Waals surface area contributed by atoms with Gasteiger partial charge in [-0.1, -0.05) is 18.0 Å². The van der Waals surface area contributed by atoms with Gasteiger partial charge in [0.2, 0.25) is 5.91 Å². The summed E-state index contributed by atoms with van der Waals surface area (Å²) in [7, 11) is 0. The second-order valence-electron chi connectivity index (χ2n) is 6.49. The smallest absolute Gasteiger partial charge is 0.264 e. The molecule has 1 unspecified atom stereocenters. The molecule has 5 nitrogen and oxygen atoms in total. The van der Waals surface area contributed by atoms with Crippen molar-refractivity contribution >= 4 is 45.0 Å². The molecule has 0 aromatic carbocycles. The summed E-state index contributed by atoms with van der Waals surface area (Å²) in [6.45, 7) is 1.25. The third-order valence-corrected chi connectivity index (χ3v) is 6.45. The van der Waals surface area contributed by atoms with Gasteiger partial charge in [-0.2, -0.15) is 0 Å². The molecule has 1 atom stereocenters. The van der Waals surface area contributed by atoms with Crippen LogP contribution in [-0.4, -0.2) is 40.8 Å². The molecule has 0 bridgehead atoms. The Hall–Kier alpha value is -1.66. The number of amides is 2. The highest BCUT2D eigenvalue weighted by atomic mass is 35.5. The van der Waals surface area contributed by atoms with Crippen molar-refractivity contribution in [3.63, 3.8) is 0 Å². The van der Waals surface area contributed by atoms with E-state index in [1.54, 1.807) is 18.3 Å². The van der Waals surface area contributed by atoms with Gasteiger partial charge in [0.15, 0.2) is 0 Å². The van der Waals surface area contributed by atoms with Crippen LogP contribution in [0.25, 0.3) is 10.2 Å². The highest BCUT2D eigenvalue weighted by Crippen LogP contribution is 2.31. The first-order chi connectivity index (χ1) is 11.6. The molecule has 2 aromatic heterocycles. The number of thiophene rings is 1. The van der Waals surface area contributed by atoms with E-state index in [9.17, 15) is 9.59 Å². The zero-order valence-corrected chi connectivity index (χ0v) is 14.7. The first-order valence-electron chi connectivity index (χ1n) is 8.25. The lowest BCUT2D eigenvalue weighted by Crippen LogP contribution is -2.42. The molecule has 1 N–H and O–H groups in total. The number of pyridine rings is 1. The number of hydrogen-bond acceptors (Lipinski definition) is 4. The van der Waals surface area contributed by atoms with Gasteiger partial charge in [-0.3, -0.25) is 14.6 Å². The lowest BCUT2D eigenvalue weighted by atomic mass is 9.84. The van der Waals surface area contributed by atoms with Gasteiger partial charge in [0.1, 0.15) is 0 Å². The van der Waals surface area contributed by atoms with Crippen LogP contribution in [0.5, 0.6) is 0 Å². The number of nitrogens with zero attached hydrogens (tertiary/aromatic N) is 2. The first-order valence-corrected chi connectivity index (χ1v) is 9.45. The predicted molar refractivity (Wildman–Crippen MR) is 94.4 cm³/mol. The molecule has 2 fully saturated rings. The van der Waals surface area contributed by atoms with Crippen LogP contribution < -0.4 is 5.32 Å². The summed E-state index contributed by atoms with van der Waals surface area (Å²) in [6.07, 6.45) is 5.60. The molecular weight excluding hydrogens is 346 g/mol. The Morgan fingerprint density at radius 2 is 2.17 bits per heavy atom. The summed E-state index contributed by atoms with van der Waals surface area (Å²) in [5.41, 5.74) is 0.755. The van der Waals surface area contributed by atoms with Gasteiger partial charge in [-0.05, 0) is 31.4 Å². The maximum atomic E-state index is 12.7. The number of carbonyl (C=O) groups excluding carboxylic acids is 2. The Labute approximate surface area is 149 Å². The highest BCUT2D eigenvalue weighted by molar-refractivity contribution is 7.21. The van der Waals surface area contributed by atoms with Gasteiger partial charge in [-0.15, -0.1) is 11.3 Å². The Kier molecular flexibility index (Phi) is 4.18. The van der Waals surface area contributed by atoms with Crippen LogP contribution in [0.2, 0.25) is 5.02 Å². The Bertz CT molecular complexity index is 802. The third kappa shape index (κ3) is 2.89. The first kappa shape index (κ1) is 15.8. The van der Waals surface area contributed by atoms with Gasteiger partial charge in [0.05, 0.1) is 20.1 Å². The quantitative estimate of drug-likeness (QED) is 0.911. The number of halogens is 1. The van der Waals surface area contributed by atoms with Gasteiger partial charge < -0.3 is 10.2 Å². The minimum atomic E-state index is -0.00513. The van der Waals surface area contributed by atoms with E-state index in [2.05, 4.69) is 10.3 Å². The summed E-state index contributed by atoms with van der Waals surface area (Å²) in [6, 6.07) is 3.60. The average Bonchev–Trinajstić information content (AvgIpc) is 3.12. The van der Waals surface area contributed by atoms with Crippen LogP contribution in [-0.2, 0) is 4.79 Å². The number of aromatic nitrogens is 1. The number of carbonyl (C=O) groups is 2. The summed E-state index contributed by atoms with van der Waals surface area (Å²) < 4.78 is 0.844. The van der Waals surface area contributed by atoms with Gasteiger partial charge in [-0.25, -0.2) is 0 Å². The molecule has 4 rings (SSSR count). The Morgan fingerprint density at radius 3 is 2.88 bits per heavy atom. The number of nitrogens with one attached hydrogen (secondary N) is 1. The average molecular weight is 364 g/mol. The van der Waals surface area contributed by atoms with Crippen LogP contribution in [0.15, 0.2) is 18.3 Å². The van der Waals surface area contributed by atoms with Crippen LogP contribution in [0.4, 0.5) is 0 Å². The van der Waals surface area contributed by atoms with Gasteiger partial charge in [0, 0.05) is 31.2 Å². The lowest BCUT2D eigenvalue weighted by molar-refractivity contribution is -0.128. The van der Waals surface area contributed by atoms with Gasteiger partial charge >= 0.3 is 0 Å². The van der Waals surface area contributed by atoms with Crippen molar-refractivity contribution in [1.29, 1.82) is 0 Å². The molecular formula is C17H18ClN3O2S. The lowest BCUT2D eigenvalue weighted by Gasteiger charge is -2.26. The van der Waals surface area contributed by atoms with Crippen LogP contribution in [0, 0.1) is 5.92 Å². The second kappa shape index (κ2) is 6.33. The minimum absolute atomic E-state index is 0.00513. The van der Waals surface area contributed by atoms with E-state index in [1.807, 2.05) is 4.90 Å². The SMILES string of the molecule is O=C(NC1CCN(C(=O)c2cc3nccc(Cl)c3s2)C1)C1CCC1. The molecule has 1 saturated carbocycles. The third-order valence-electron chi connectivity index (χ3n) is 4.87. The summed E-state index contributed by atoms with van der Waals surface area (Å²) in [4.78, 5) is 31.5. The molecule has 1 aliphatic carbocycles. The maximum Gasteiger partial charge on any atom is 0.264 e. The molecule has 2 amide bonds. The van der Waals surface area contributed by atoms with Gasteiger partial charge in [0.25, 0.3) is 5.91 Å². The van der Waals surface area contributed by atoms with Crippen LogP contribution >= 0.6 is 22.9 Å². The maximum absolute atomic E-state index is 12.7. The number of likely N-dealkylation sites (tertiary alicyclic amines) is 1. The van der Waals surface area contributed by atoms with E-state index >= 15 is 0 Å². The Morgan fingerprint density at radius 1 is 1.33 bits per heavy atom.